The Balaban J connectivity index is 1.74. The van der Waals surface area contributed by atoms with Gasteiger partial charge in [-0.15, -0.1) is 0 Å². The second kappa shape index (κ2) is 6.55. The number of fused-ring (bicyclic) bond motifs is 1. The Morgan fingerprint density at radius 1 is 1.00 bits per heavy atom. The average molecular weight is 403 g/mol. The molecule has 0 spiro atoms. The van der Waals surface area contributed by atoms with Crippen LogP contribution in [0.15, 0.2) is 70.7 Å². The van der Waals surface area contributed by atoms with Crippen LogP contribution >= 0.6 is 0 Å². The highest BCUT2D eigenvalue weighted by atomic mass is 19.1. The second-order valence-corrected chi connectivity index (χ2v) is 8.82. The van der Waals surface area contributed by atoms with Gasteiger partial charge in [-0.1, -0.05) is 44.2 Å². The number of para-hydroxylation sites is 1. The number of aromatic nitrogens is 2. The van der Waals surface area contributed by atoms with Gasteiger partial charge in [0.1, 0.15) is 11.6 Å². The number of rotatable bonds is 2. The maximum absolute atomic E-state index is 13.6. The third-order valence-electron chi connectivity index (χ3n) is 5.92. The maximum atomic E-state index is 13.6. The summed E-state index contributed by atoms with van der Waals surface area (Å²) in [7, 11) is 0. The van der Waals surface area contributed by atoms with Crippen molar-refractivity contribution in [3.8, 4) is 5.69 Å². The van der Waals surface area contributed by atoms with E-state index in [1.165, 1.54) is 16.8 Å². The van der Waals surface area contributed by atoms with Crippen molar-refractivity contribution in [3.63, 3.8) is 0 Å². The van der Waals surface area contributed by atoms with E-state index in [0.29, 0.717) is 35.5 Å². The number of hydrogen-bond acceptors (Lipinski definition) is 3. The summed E-state index contributed by atoms with van der Waals surface area (Å²) >= 11 is 0. The molecule has 5 rings (SSSR count). The van der Waals surface area contributed by atoms with Gasteiger partial charge in [0.15, 0.2) is 5.78 Å². The lowest BCUT2D eigenvalue weighted by Gasteiger charge is -2.37. The third kappa shape index (κ3) is 2.91. The van der Waals surface area contributed by atoms with E-state index in [1.807, 2.05) is 30.3 Å². The number of anilines is 1. The molecule has 0 radical (unpaired) electrons. The van der Waals surface area contributed by atoms with Crippen LogP contribution in [-0.4, -0.2) is 15.6 Å². The summed E-state index contributed by atoms with van der Waals surface area (Å²) in [6, 6.07) is 15.4. The summed E-state index contributed by atoms with van der Waals surface area (Å²) in [5, 5.41) is 6.51. The van der Waals surface area contributed by atoms with Gasteiger partial charge in [-0.3, -0.25) is 14.7 Å². The van der Waals surface area contributed by atoms with Crippen LogP contribution in [0.1, 0.15) is 43.7 Å². The minimum Gasteiger partial charge on any atom is -0.343 e. The number of hydrogen-bond donors (Lipinski definition) is 2. The lowest BCUT2D eigenvalue weighted by molar-refractivity contribution is -0.118. The summed E-state index contributed by atoms with van der Waals surface area (Å²) in [5.41, 5.74) is 2.98. The lowest BCUT2D eigenvalue weighted by Crippen LogP contribution is -2.35. The zero-order valence-corrected chi connectivity index (χ0v) is 16.8. The van der Waals surface area contributed by atoms with Crippen molar-refractivity contribution in [2.24, 2.45) is 5.41 Å². The Morgan fingerprint density at radius 3 is 2.40 bits per heavy atom. The molecule has 0 bridgehead atoms. The van der Waals surface area contributed by atoms with Crippen LogP contribution in [0.25, 0.3) is 5.69 Å². The van der Waals surface area contributed by atoms with Gasteiger partial charge in [-0.05, 0) is 41.7 Å². The molecule has 3 aromatic rings. The minimum atomic E-state index is -0.533. The molecule has 1 aliphatic heterocycles. The van der Waals surface area contributed by atoms with Crippen LogP contribution in [0.4, 0.5) is 10.2 Å². The molecule has 0 saturated carbocycles. The zero-order chi connectivity index (χ0) is 21.0. The third-order valence-corrected chi connectivity index (χ3v) is 5.92. The molecule has 1 aliphatic carbocycles. The number of benzene rings is 2. The monoisotopic (exact) mass is 403 g/mol. The van der Waals surface area contributed by atoms with E-state index in [-0.39, 0.29) is 22.6 Å². The van der Waals surface area contributed by atoms with Crippen molar-refractivity contribution < 1.29 is 9.18 Å². The molecule has 2 heterocycles. The molecule has 1 atom stereocenters. The number of nitrogens with zero attached hydrogens (tertiary/aromatic N) is 1. The van der Waals surface area contributed by atoms with Crippen molar-refractivity contribution >= 4 is 11.6 Å². The average Bonchev–Trinajstić information content (AvgIpc) is 3.03. The van der Waals surface area contributed by atoms with Gasteiger partial charge in [0.05, 0.1) is 11.3 Å². The number of Topliss-reactive ketones (excluding diaryl/α,β-unsaturated/α-hetero) is 1. The molecule has 1 aromatic heterocycles. The van der Waals surface area contributed by atoms with Gasteiger partial charge in [0, 0.05) is 23.6 Å². The normalized spacial score (nSPS) is 19.8. The molecule has 6 heteroatoms. The molecule has 0 amide bonds. The Labute approximate surface area is 173 Å². The van der Waals surface area contributed by atoms with Crippen molar-refractivity contribution in [2.75, 3.05) is 5.32 Å². The highest BCUT2D eigenvalue weighted by Gasteiger charge is 2.42. The number of nitrogens with one attached hydrogen (secondary N) is 2. The first-order chi connectivity index (χ1) is 14.3. The van der Waals surface area contributed by atoms with Gasteiger partial charge in [-0.2, -0.15) is 0 Å². The summed E-state index contributed by atoms with van der Waals surface area (Å²) in [6.07, 6.45) is 1.11. The van der Waals surface area contributed by atoms with E-state index in [9.17, 15) is 14.0 Å². The van der Waals surface area contributed by atoms with Crippen LogP contribution in [0.3, 0.4) is 0 Å². The number of aromatic amines is 1. The second-order valence-electron chi connectivity index (χ2n) is 8.82. The summed E-state index contributed by atoms with van der Waals surface area (Å²) in [4.78, 5) is 26.7. The molecule has 2 aromatic carbocycles. The van der Waals surface area contributed by atoms with Crippen LogP contribution in [-0.2, 0) is 4.79 Å². The van der Waals surface area contributed by atoms with Crippen LogP contribution in [0.5, 0.6) is 0 Å². The summed E-state index contributed by atoms with van der Waals surface area (Å²) < 4.78 is 15.1. The highest BCUT2D eigenvalue weighted by molar-refractivity contribution is 6.01. The molecule has 2 N–H and O–H groups in total. The number of carbonyl (C=O) groups is 1. The number of halogens is 1. The van der Waals surface area contributed by atoms with E-state index in [1.54, 1.807) is 12.1 Å². The maximum Gasteiger partial charge on any atom is 0.277 e. The van der Waals surface area contributed by atoms with Crippen LogP contribution in [0.2, 0.25) is 0 Å². The molecule has 0 fully saturated rings. The first-order valence-electron chi connectivity index (χ1n) is 10.0. The summed E-state index contributed by atoms with van der Waals surface area (Å²) in [5.74, 6) is -0.272. The fourth-order valence-corrected chi connectivity index (χ4v) is 4.64. The Hall–Kier alpha value is -3.41. The van der Waals surface area contributed by atoms with Gasteiger partial charge in [0.2, 0.25) is 0 Å². The van der Waals surface area contributed by atoms with E-state index in [0.717, 1.165) is 11.3 Å². The van der Waals surface area contributed by atoms with Crippen molar-refractivity contribution in [2.45, 2.75) is 32.6 Å². The number of carbonyl (C=O) groups excluding carboxylic acids is 1. The lowest BCUT2D eigenvalue weighted by atomic mass is 9.69. The van der Waals surface area contributed by atoms with Gasteiger partial charge in [0.25, 0.3) is 5.56 Å². The molecule has 0 saturated heterocycles. The molecular formula is C24H22FN3O2. The molecule has 1 unspecified atom stereocenters. The molecule has 152 valence electrons. The highest BCUT2D eigenvalue weighted by Crippen LogP contribution is 2.47. The number of allylic oxidation sites excluding steroid dienone is 2. The molecule has 2 aliphatic rings. The smallest absolute Gasteiger partial charge is 0.277 e. The fraction of sp³-hybridized carbons (Fsp3) is 0.250. The van der Waals surface area contributed by atoms with E-state index in [2.05, 4.69) is 24.3 Å². The predicted octanol–water partition coefficient (Wildman–Crippen LogP) is 4.51. The van der Waals surface area contributed by atoms with Gasteiger partial charge >= 0.3 is 0 Å². The van der Waals surface area contributed by atoms with Crippen molar-refractivity contribution in [3.05, 3.63) is 93.2 Å². The Kier molecular flexibility index (Phi) is 4.07. The molecule has 30 heavy (non-hydrogen) atoms. The fourth-order valence-electron chi connectivity index (χ4n) is 4.64. The first kappa shape index (κ1) is 18.6. The largest absolute Gasteiger partial charge is 0.343 e. The van der Waals surface area contributed by atoms with Gasteiger partial charge in [-0.25, -0.2) is 9.07 Å². The number of H-pyrrole nitrogens is 1. The minimum absolute atomic E-state index is 0.0283. The van der Waals surface area contributed by atoms with Crippen molar-refractivity contribution in [1.82, 2.24) is 9.78 Å². The van der Waals surface area contributed by atoms with E-state index in [4.69, 9.17) is 0 Å². The summed E-state index contributed by atoms with van der Waals surface area (Å²) in [6.45, 7) is 4.13. The zero-order valence-electron chi connectivity index (χ0n) is 16.8. The first-order valence-corrected chi connectivity index (χ1v) is 10.0. The topological polar surface area (TPSA) is 66.9 Å². The number of ketones is 1. The Bertz CT molecular complexity index is 1230. The van der Waals surface area contributed by atoms with E-state index >= 15 is 0 Å². The van der Waals surface area contributed by atoms with Gasteiger partial charge < -0.3 is 5.32 Å². The standard InChI is InChI=1S/C24H22FN3O2/c1-24(2)12-17-20(18(29)13-24)19(14-8-10-15(25)11-9-14)21-22(26-17)27-28(23(21)30)16-6-4-3-5-7-16/h3-11,19,26-27H,12-13H2,1-2H3. The Morgan fingerprint density at radius 2 is 1.70 bits per heavy atom. The predicted molar refractivity (Wildman–Crippen MR) is 113 cm³/mol. The van der Waals surface area contributed by atoms with E-state index < -0.39 is 5.92 Å². The SMILES string of the molecule is CC1(C)CC(=O)C2=C(C1)Nc1[nH]n(-c3ccccc3)c(=O)c1C2c1ccc(F)cc1. The van der Waals surface area contributed by atoms with Crippen molar-refractivity contribution in [1.29, 1.82) is 0 Å². The molecule has 5 nitrogen and oxygen atoms in total. The quantitative estimate of drug-likeness (QED) is 0.662. The van der Waals surface area contributed by atoms with Crippen LogP contribution in [0, 0.1) is 11.2 Å². The van der Waals surface area contributed by atoms with Crippen LogP contribution < -0.4 is 10.9 Å². The molecular weight excluding hydrogens is 381 g/mol.